The first-order chi connectivity index (χ1) is 13.7. The van der Waals surface area contributed by atoms with Crippen LogP contribution < -0.4 is 10.9 Å². The molecular weight excluding hydrogens is 431 g/mol. The van der Waals surface area contributed by atoms with E-state index in [0.29, 0.717) is 0 Å². The Kier molecular flexibility index (Phi) is 4.33. The molecule has 0 atom stereocenters. The van der Waals surface area contributed by atoms with Crippen LogP contribution in [-0.2, 0) is 22.4 Å². The van der Waals surface area contributed by atoms with Crippen molar-refractivity contribution in [2.45, 2.75) is 52.0 Å². The second kappa shape index (κ2) is 6.57. The van der Waals surface area contributed by atoms with Gasteiger partial charge in [0.2, 0.25) is 0 Å². The summed E-state index contributed by atoms with van der Waals surface area (Å²) in [7, 11) is -0.419. The monoisotopic (exact) mass is 454 g/mol. The van der Waals surface area contributed by atoms with Gasteiger partial charge in [0.25, 0.3) is 0 Å². The van der Waals surface area contributed by atoms with Crippen LogP contribution in [0.15, 0.2) is 41.0 Å². The Balaban J connectivity index is 1.46. The quantitative estimate of drug-likeness (QED) is 0.586. The van der Waals surface area contributed by atoms with Gasteiger partial charge in [0.05, 0.1) is 28.6 Å². The summed E-state index contributed by atoms with van der Waals surface area (Å²) in [6.45, 7) is 9.89. The van der Waals surface area contributed by atoms with Gasteiger partial charge in [-0.1, -0.05) is 28.1 Å². The Labute approximate surface area is 179 Å². The lowest BCUT2D eigenvalue weighted by molar-refractivity contribution is 0.00578. The number of hydrazine groups is 1. The number of aromatic nitrogens is 2. The van der Waals surface area contributed by atoms with Crippen molar-refractivity contribution in [3.8, 4) is 0 Å². The first-order valence-electron chi connectivity index (χ1n) is 9.84. The summed E-state index contributed by atoms with van der Waals surface area (Å²) in [6, 6.07) is 10.6. The van der Waals surface area contributed by atoms with E-state index in [1.54, 1.807) is 0 Å². The van der Waals surface area contributed by atoms with Gasteiger partial charge in [-0.2, -0.15) is 5.10 Å². The number of hydrogen-bond acceptors (Lipinski definition) is 5. The van der Waals surface area contributed by atoms with Gasteiger partial charge in [-0.15, -0.1) is 0 Å². The molecular formula is C21H24BBrN4O2. The SMILES string of the molecule is CC1(C)OB(c2cc(CN3Cc4c(Br)cccc4N3)cc3[nH]ncc23)OC1(C)C. The fourth-order valence-electron chi connectivity index (χ4n) is 3.94. The van der Waals surface area contributed by atoms with Crippen LogP contribution in [0, 0.1) is 0 Å². The standard InChI is InChI=1S/C21H24BBrN4O2/c1-20(2)21(3,4)29-22(28-20)16-8-13(9-19-14(16)10-24-25-19)11-27-12-15-17(23)6-5-7-18(15)26-27/h5-10,26H,11-12H2,1-4H3,(H,24,25). The van der Waals surface area contributed by atoms with Crippen LogP contribution in [0.2, 0.25) is 0 Å². The van der Waals surface area contributed by atoms with Crippen LogP contribution in [-0.4, -0.2) is 33.5 Å². The largest absolute Gasteiger partial charge is 0.495 e. The van der Waals surface area contributed by atoms with Gasteiger partial charge < -0.3 is 14.7 Å². The highest BCUT2D eigenvalue weighted by Gasteiger charge is 2.52. The number of nitrogens with zero attached hydrogens (tertiary/aromatic N) is 2. The van der Waals surface area contributed by atoms with Crippen LogP contribution in [0.3, 0.4) is 0 Å². The van der Waals surface area contributed by atoms with Gasteiger partial charge in [0, 0.05) is 28.5 Å². The van der Waals surface area contributed by atoms with Crippen molar-refractivity contribution in [3.05, 3.63) is 52.1 Å². The Hall–Kier alpha value is -1.87. The number of halogens is 1. The maximum absolute atomic E-state index is 6.32. The van der Waals surface area contributed by atoms with Crippen molar-refractivity contribution >= 4 is 45.1 Å². The molecule has 5 rings (SSSR count). The van der Waals surface area contributed by atoms with E-state index in [1.807, 2.05) is 12.3 Å². The Morgan fingerprint density at radius 1 is 1.17 bits per heavy atom. The number of H-pyrrole nitrogens is 1. The average Bonchev–Trinajstić information content (AvgIpc) is 3.31. The minimum Gasteiger partial charge on any atom is -0.399 e. The van der Waals surface area contributed by atoms with Crippen molar-refractivity contribution in [3.63, 3.8) is 0 Å². The Morgan fingerprint density at radius 2 is 1.93 bits per heavy atom. The van der Waals surface area contributed by atoms with E-state index < -0.39 is 7.12 Å². The number of fused-ring (bicyclic) bond motifs is 2. The molecule has 1 aromatic heterocycles. The van der Waals surface area contributed by atoms with Crippen LogP contribution in [0.25, 0.3) is 10.9 Å². The fourth-order valence-corrected chi connectivity index (χ4v) is 4.43. The summed E-state index contributed by atoms with van der Waals surface area (Å²) in [4.78, 5) is 0. The number of anilines is 1. The fraction of sp³-hybridized carbons (Fsp3) is 0.381. The predicted molar refractivity (Wildman–Crippen MR) is 119 cm³/mol. The third-order valence-electron chi connectivity index (χ3n) is 6.28. The highest BCUT2D eigenvalue weighted by molar-refractivity contribution is 9.10. The summed E-state index contributed by atoms with van der Waals surface area (Å²) in [6.07, 6.45) is 1.85. The molecule has 3 aromatic rings. The molecule has 29 heavy (non-hydrogen) atoms. The van der Waals surface area contributed by atoms with E-state index in [-0.39, 0.29) is 11.2 Å². The second-order valence-electron chi connectivity index (χ2n) is 8.84. The lowest BCUT2D eigenvalue weighted by atomic mass is 9.76. The molecule has 2 aliphatic rings. The summed E-state index contributed by atoms with van der Waals surface area (Å²) in [5, 5.41) is 10.6. The molecule has 0 bridgehead atoms. The van der Waals surface area contributed by atoms with Gasteiger partial charge in [-0.25, -0.2) is 5.01 Å². The first kappa shape index (κ1) is 19.1. The average molecular weight is 455 g/mol. The minimum atomic E-state index is -0.419. The highest BCUT2D eigenvalue weighted by atomic mass is 79.9. The zero-order valence-electron chi connectivity index (χ0n) is 17.0. The summed E-state index contributed by atoms with van der Waals surface area (Å²) < 4.78 is 13.8. The predicted octanol–water partition coefficient (Wildman–Crippen LogP) is 3.97. The molecule has 6 nitrogen and oxygen atoms in total. The first-order valence-corrected chi connectivity index (χ1v) is 10.6. The number of hydrogen-bond donors (Lipinski definition) is 2. The van der Waals surface area contributed by atoms with Gasteiger partial charge in [-0.3, -0.25) is 5.10 Å². The number of aromatic amines is 1. The van der Waals surface area contributed by atoms with E-state index in [2.05, 4.69) is 88.5 Å². The zero-order chi connectivity index (χ0) is 20.4. The lowest BCUT2D eigenvalue weighted by Gasteiger charge is -2.32. The van der Waals surface area contributed by atoms with E-state index in [0.717, 1.165) is 39.6 Å². The normalized spacial score (nSPS) is 20.2. The van der Waals surface area contributed by atoms with E-state index in [1.165, 1.54) is 11.1 Å². The van der Waals surface area contributed by atoms with Gasteiger partial charge in [0.1, 0.15) is 0 Å². The van der Waals surface area contributed by atoms with Crippen LogP contribution in [0.1, 0.15) is 38.8 Å². The van der Waals surface area contributed by atoms with Crippen molar-refractivity contribution in [2.24, 2.45) is 0 Å². The summed E-state index contributed by atoms with van der Waals surface area (Å²) >= 11 is 3.65. The van der Waals surface area contributed by atoms with Gasteiger partial charge in [0.15, 0.2) is 0 Å². The third kappa shape index (κ3) is 3.19. The van der Waals surface area contributed by atoms with Crippen molar-refractivity contribution in [2.75, 3.05) is 5.43 Å². The summed E-state index contributed by atoms with van der Waals surface area (Å²) in [5.41, 5.74) is 8.34. The Bertz CT molecular complexity index is 1080. The maximum atomic E-state index is 6.32. The van der Waals surface area contributed by atoms with Gasteiger partial charge in [-0.05, 0) is 56.9 Å². The second-order valence-corrected chi connectivity index (χ2v) is 9.69. The molecule has 2 aromatic carbocycles. The van der Waals surface area contributed by atoms with Crippen molar-refractivity contribution in [1.29, 1.82) is 0 Å². The Morgan fingerprint density at radius 3 is 2.66 bits per heavy atom. The van der Waals surface area contributed by atoms with Crippen LogP contribution >= 0.6 is 15.9 Å². The highest BCUT2D eigenvalue weighted by Crippen LogP contribution is 2.37. The maximum Gasteiger partial charge on any atom is 0.495 e. The number of rotatable bonds is 3. The summed E-state index contributed by atoms with van der Waals surface area (Å²) in [5.74, 6) is 0. The number of benzene rings is 2. The van der Waals surface area contributed by atoms with E-state index >= 15 is 0 Å². The molecule has 0 amide bonds. The molecule has 0 spiro atoms. The lowest BCUT2D eigenvalue weighted by Crippen LogP contribution is -2.41. The van der Waals surface area contributed by atoms with Crippen LogP contribution in [0.4, 0.5) is 5.69 Å². The molecule has 0 aliphatic carbocycles. The smallest absolute Gasteiger partial charge is 0.399 e. The molecule has 3 heterocycles. The van der Waals surface area contributed by atoms with Crippen molar-refractivity contribution < 1.29 is 9.31 Å². The molecule has 2 aliphatic heterocycles. The van der Waals surface area contributed by atoms with E-state index in [4.69, 9.17) is 9.31 Å². The molecule has 150 valence electrons. The topological polar surface area (TPSA) is 62.4 Å². The van der Waals surface area contributed by atoms with Gasteiger partial charge >= 0.3 is 7.12 Å². The van der Waals surface area contributed by atoms with E-state index in [9.17, 15) is 0 Å². The van der Waals surface area contributed by atoms with Crippen LogP contribution in [0.5, 0.6) is 0 Å². The molecule has 1 saturated heterocycles. The molecule has 0 unspecified atom stereocenters. The number of nitrogens with one attached hydrogen (secondary N) is 2. The molecule has 1 fully saturated rings. The molecule has 8 heteroatoms. The third-order valence-corrected chi connectivity index (χ3v) is 7.02. The molecule has 2 N–H and O–H groups in total. The molecule has 0 radical (unpaired) electrons. The zero-order valence-corrected chi connectivity index (χ0v) is 18.6. The minimum absolute atomic E-state index is 0.381. The molecule has 0 saturated carbocycles. The van der Waals surface area contributed by atoms with Crippen molar-refractivity contribution in [1.82, 2.24) is 15.2 Å².